The van der Waals surface area contributed by atoms with Crippen molar-refractivity contribution in [3.8, 4) is 0 Å². The molecule has 0 radical (unpaired) electrons. The van der Waals surface area contributed by atoms with Crippen molar-refractivity contribution < 1.29 is 9.50 Å². The standard InChI is InChI=1S/C12H13FO/c13-11-5-3-10(4-6-11)2-1-7-12(14)8-9-12/h1-6,14H,7-9H2/b2-1+. The Morgan fingerprint density at radius 3 is 2.50 bits per heavy atom. The smallest absolute Gasteiger partial charge is 0.123 e. The number of aliphatic hydroxyl groups is 1. The summed E-state index contributed by atoms with van der Waals surface area (Å²) in [6, 6.07) is 6.32. The zero-order valence-corrected chi connectivity index (χ0v) is 7.91. The first-order chi connectivity index (χ1) is 6.68. The van der Waals surface area contributed by atoms with Crippen LogP contribution in [0.3, 0.4) is 0 Å². The van der Waals surface area contributed by atoms with E-state index >= 15 is 0 Å². The normalized spacial score (nSPS) is 18.7. The third-order valence-electron chi connectivity index (χ3n) is 2.51. The van der Waals surface area contributed by atoms with E-state index in [1.807, 2.05) is 12.2 Å². The van der Waals surface area contributed by atoms with Gasteiger partial charge in [0, 0.05) is 0 Å². The zero-order valence-electron chi connectivity index (χ0n) is 7.91. The highest BCUT2D eigenvalue weighted by Gasteiger charge is 2.38. The van der Waals surface area contributed by atoms with Crippen LogP contribution in [0.15, 0.2) is 30.3 Å². The molecule has 1 aromatic carbocycles. The number of benzene rings is 1. The van der Waals surface area contributed by atoms with Gasteiger partial charge in [0.1, 0.15) is 5.82 Å². The van der Waals surface area contributed by atoms with Crippen molar-refractivity contribution in [2.24, 2.45) is 0 Å². The van der Waals surface area contributed by atoms with Crippen LogP contribution in [0.5, 0.6) is 0 Å². The Hall–Kier alpha value is -1.15. The first-order valence-corrected chi connectivity index (χ1v) is 4.82. The molecule has 1 N–H and O–H groups in total. The van der Waals surface area contributed by atoms with Crippen LogP contribution >= 0.6 is 0 Å². The average Bonchev–Trinajstić information content (AvgIpc) is 2.88. The van der Waals surface area contributed by atoms with Gasteiger partial charge in [0.05, 0.1) is 5.60 Å². The van der Waals surface area contributed by atoms with E-state index in [0.29, 0.717) is 6.42 Å². The highest BCUT2D eigenvalue weighted by atomic mass is 19.1. The second-order valence-corrected chi connectivity index (χ2v) is 3.88. The third kappa shape index (κ3) is 2.42. The molecule has 0 heterocycles. The lowest BCUT2D eigenvalue weighted by Gasteiger charge is -2.00. The van der Waals surface area contributed by atoms with Crippen molar-refractivity contribution in [2.45, 2.75) is 24.9 Å². The largest absolute Gasteiger partial charge is 0.390 e. The fourth-order valence-corrected chi connectivity index (χ4v) is 1.34. The summed E-state index contributed by atoms with van der Waals surface area (Å²) in [5.74, 6) is -0.219. The van der Waals surface area contributed by atoms with Gasteiger partial charge in [-0.2, -0.15) is 0 Å². The van der Waals surface area contributed by atoms with E-state index in [9.17, 15) is 9.50 Å². The van der Waals surface area contributed by atoms with Crippen LogP contribution in [0, 0.1) is 5.82 Å². The molecule has 0 amide bonds. The summed E-state index contributed by atoms with van der Waals surface area (Å²) in [6.07, 6.45) is 6.36. The molecule has 0 aliphatic heterocycles. The molecule has 1 aromatic rings. The Labute approximate surface area is 82.9 Å². The Balaban J connectivity index is 1.93. The maximum absolute atomic E-state index is 12.5. The molecule has 14 heavy (non-hydrogen) atoms. The SMILES string of the molecule is OC1(C/C=C/c2ccc(F)cc2)CC1. The molecule has 1 aliphatic carbocycles. The van der Waals surface area contributed by atoms with Gasteiger partial charge in [-0.05, 0) is 37.0 Å². The molecule has 0 saturated heterocycles. The number of rotatable bonds is 3. The first-order valence-electron chi connectivity index (χ1n) is 4.82. The van der Waals surface area contributed by atoms with Crippen molar-refractivity contribution in [1.82, 2.24) is 0 Å². The predicted octanol–water partition coefficient (Wildman–Crippen LogP) is 2.75. The Morgan fingerprint density at radius 2 is 1.93 bits per heavy atom. The van der Waals surface area contributed by atoms with Crippen molar-refractivity contribution >= 4 is 6.08 Å². The van der Waals surface area contributed by atoms with E-state index in [2.05, 4.69) is 0 Å². The van der Waals surface area contributed by atoms with Crippen LogP contribution in [0.2, 0.25) is 0 Å². The molecule has 2 heteroatoms. The molecule has 1 aliphatic rings. The van der Waals surface area contributed by atoms with Crippen molar-refractivity contribution in [1.29, 1.82) is 0 Å². The van der Waals surface area contributed by atoms with E-state index in [0.717, 1.165) is 18.4 Å². The van der Waals surface area contributed by atoms with E-state index in [-0.39, 0.29) is 5.82 Å². The Kier molecular flexibility index (Phi) is 2.38. The van der Waals surface area contributed by atoms with Crippen molar-refractivity contribution in [2.75, 3.05) is 0 Å². The van der Waals surface area contributed by atoms with Gasteiger partial charge in [-0.1, -0.05) is 24.3 Å². The van der Waals surface area contributed by atoms with E-state index < -0.39 is 5.60 Å². The monoisotopic (exact) mass is 192 g/mol. The van der Waals surface area contributed by atoms with Gasteiger partial charge in [0.15, 0.2) is 0 Å². The Bertz CT molecular complexity index is 336. The highest BCUT2D eigenvalue weighted by molar-refractivity contribution is 5.49. The molecular formula is C12H13FO. The van der Waals surface area contributed by atoms with Crippen LogP contribution in [-0.2, 0) is 0 Å². The van der Waals surface area contributed by atoms with E-state index in [4.69, 9.17) is 0 Å². The molecule has 1 nitrogen and oxygen atoms in total. The summed E-state index contributed by atoms with van der Waals surface area (Å²) < 4.78 is 12.5. The van der Waals surface area contributed by atoms with E-state index in [1.54, 1.807) is 12.1 Å². The number of halogens is 1. The zero-order chi connectivity index (χ0) is 10.0. The van der Waals surface area contributed by atoms with Gasteiger partial charge in [-0.25, -0.2) is 4.39 Å². The van der Waals surface area contributed by atoms with Crippen LogP contribution in [-0.4, -0.2) is 10.7 Å². The van der Waals surface area contributed by atoms with Gasteiger partial charge in [0.2, 0.25) is 0 Å². The first kappa shape index (κ1) is 9.41. The van der Waals surface area contributed by atoms with Crippen LogP contribution in [0.25, 0.3) is 6.08 Å². The summed E-state index contributed by atoms with van der Waals surface area (Å²) in [6.45, 7) is 0. The van der Waals surface area contributed by atoms with Crippen LogP contribution in [0.1, 0.15) is 24.8 Å². The van der Waals surface area contributed by atoms with Crippen molar-refractivity contribution in [3.63, 3.8) is 0 Å². The topological polar surface area (TPSA) is 20.2 Å². The summed E-state index contributed by atoms with van der Waals surface area (Å²) in [7, 11) is 0. The lowest BCUT2D eigenvalue weighted by molar-refractivity contribution is 0.154. The average molecular weight is 192 g/mol. The summed E-state index contributed by atoms with van der Waals surface area (Å²) in [5, 5.41) is 9.54. The predicted molar refractivity (Wildman–Crippen MR) is 54.2 cm³/mol. The molecule has 0 bridgehead atoms. The highest BCUT2D eigenvalue weighted by Crippen LogP contribution is 2.38. The fourth-order valence-electron chi connectivity index (χ4n) is 1.34. The lowest BCUT2D eigenvalue weighted by Crippen LogP contribution is -2.02. The molecule has 0 unspecified atom stereocenters. The summed E-state index contributed by atoms with van der Waals surface area (Å²) in [5.41, 5.74) is 0.534. The van der Waals surface area contributed by atoms with Gasteiger partial charge in [0.25, 0.3) is 0 Å². The molecule has 0 spiro atoms. The maximum atomic E-state index is 12.5. The van der Waals surface area contributed by atoms with Gasteiger partial charge in [-0.3, -0.25) is 0 Å². The third-order valence-corrected chi connectivity index (χ3v) is 2.51. The number of hydrogen-bond donors (Lipinski definition) is 1. The van der Waals surface area contributed by atoms with Crippen LogP contribution in [0.4, 0.5) is 4.39 Å². The van der Waals surface area contributed by atoms with Gasteiger partial charge < -0.3 is 5.11 Å². The minimum atomic E-state index is -0.434. The molecule has 1 saturated carbocycles. The molecule has 1 fully saturated rings. The molecule has 0 aromatic heterocycles. The summed E-state index contributed by atoms with van der Waals surface area (Å²) >= 11 is 0. The molecule has 2 rings (SSSR count). The van der Waals surface area contributed by atoms with Gasteiger partial charge >= 0.3 is 0 Å². The van der Waals surface area contributed by atoms with Gasteiger partial charge in [-0.15, -0.1) is 0 Å². The second kappa shape index (κ2) is 3.54. The second-order valence-electron chi connectivity index (χ2n) is 3.88. The number of hydrogen-bond acceptors (Lipinski definition) is 1. The van der Waals surface area contributed by atoms with Crippen molar-refractivity contribution in [3.05, 3.63) is 41.7 Å². The maximum Gasteiger partial charge on any atom is 0.123 e. The fraction of sp³-hybridized carbons (Fsp3) is 0.333. The molecular weight excluding hydrogens is 179 g/mol. The van der Waals surface area contributed by atoms with Crippen LogP contribution < -0.4 is 0 Å². The minimum absolute atomic E-state index is 0.219. The molecule has 0 atom stereocenters. The molecule has 74 valence electrons. The Morgan fingerprint density at radius 1 is 1.29 bits per heavy atom. The lowest BCUT2D eigenvalue weighted by atomic mass is 10.1. The quantitative estimate of drug-likeness (QED) is 0.780. The van der Waals surface area contributed by atoms with E-state index in [1.165, 1.54) is 12.1 Å². The minimum Gasteiger partial charge on any atom is -0.390 e. The summed E-state index contributed by atoms with van der Waals surface area (Å²) in [4.78, 5) is 0.